The first-order valence-electron chi connectivity index (χ1n) is 5.62. The summed E-state index contributed by atoms with van der Waals surface area (Å²) >= 11 is 0. The highest BCUT2D eigenvalue weighted by atomic mass is 16.5. The summed E-state index contributed by atoms with van der Waals surface area (Å²) in [5.74, 6) is -3.13. The molecule has 1 aromatic carbocycles. The third kappa shape index (κ3) is 2.85. The number of aliphatic hydroxyl groups is 1. The Kier molecular flexibility index (Phi) is 4.50. The summed E-state index contributed by atoms with van der Waals surface area (Å²) in [5.41, 5.74) is 0.344. The van der Waals surface area contributed by atoms with Crippen molar-refractivity contribution in [1.82, 2.24) is 0 Å². The molecule has 0 bridgehead atoms. The van der Waals surface area contributed by atoms with Crippen molar-refractivity contribution >= 4 is 11.8 Å². The lowest BCUT2D eigenvalue weighted by atomic mass is 9.92. The molecule has 0 fully saturated rings. The molecule has 0 aliphatic rings. The number of phenols is 1. The van der Waals surface area contributed by atoms with Crippen molar-refractivity contribution in [3.63, 3.8) is 0 Å². The molecule has 104 valence electrons. The van der Waals surface area contributed by atoms with Crippen molar-refractivity contribution in [2.75, 3.05) is 7.11 Å². The number of ketones is 1. The van der Waals surface area contributed by atoms with E-state index in [0.29, 0.717) is 11.3 Å². The molecule has 2 atom stereocenters. The van der Waals surface area contributed by atoms with Gasteiger partial charge in [0.1, 0.15) is 11.5 Å². The topological polar surface area (TPSA) is 104 Å². The number of ether oxygens (including phenoxy) is 1. The van der Waals surface area contributed by atoms with Crippen LogP contribution in [-0.2, 0) is 4.79 Å². The van der Waals surface area contributed by atoms with E-state index in [4.69, 9.17) is 9.84 Å². The van der Waals surface area contributed by atoms with E-state index >= 15 is 0 Å². The number of carboxylic acid groups (broad SMARTS) is 1. The van der Waals surface area contributed by atoms with Gasteiger partial charge in [-0.3, -0.25) is 4.79 Å². The predicted molar refractivity (Wildman–Crippen MR) is 66.5 cm³/mol. The van der Waals surface area contributed by atoms with Crippen LogP contribution in [0.1, 0.15) is 22.8 Å². The molecule has 0 amide bonds. The zero-order chi connectivity index (χ0) is 14.7. The van der Waals surface area contributed by atoms with Gasteiger partial charge in [0.25, 0.3) is 0 Å². The number of aliphatic hydroxyl groups excluding tert-OH is 1. The molecule has 0 heterocycles. The minimum Gasteiger partial charge on any atom is -0.507 e. The minimum atomic E-state index is -1.81. The Labute approximate surface area is 110 Å². The lowest BCUT2D eigenvalue weighted by molar-refractivity contribution is -0.148. The third-order valence-electron chi connectivity index (χ3n) is 3.01. The number of hydrogen-bond acceptors (Lipinski definition) is 5. The van der Waals surface area contributed by atoms with Gasteiger partial charge in [0.2, 0.25) is 0 Å². The van der Waals surface area contributed by atoms with E-state index in [-0.39, 0.29) is 11.3 Å². The first kappa shape index (κ1) is 15.0. The lowest BCUT2D eigenvalue weighted by Gasteiger charge is -2.16. The Hall–Kier alpha value is -2.08. The second kappa shape index (κ2) is 5.71. The van der Waals surface area contributed by atoms with Gasteiger partial charge in [0.15, 0.2) is 11.9 Å². The fourth-order valence-corrected chi connectivity index (χ4v) is 1.70. The molecule has 1 aromatic rings. The maximum Gasteiger partial charge on any atom is 0.333 e. The van der Waals surface area contributed by atoms with Crippen LogP contribution < -0.4 is 4.74 Å². The van der Waals surface area contributed by atoms with Crippen molar-refractivity contribution in [3.05, 3.63) is 23.3 Å². The van der Waals surface area contributed by atoms with Crippen molar-refractivity contribution in [3.8, 4) is 11.5 Å². The molecular formula is C13H16O6. The lowest BCUT2D eigenvalue weighted by Crippen LogP contribution is -2.32. The fraction of sp³-hybridized carbons (Fsp3) is 0.385. The Morgan fingerprint density at radius 1 is 1.32 bits per heavy atom. The zero-order valence-electron chi connectivity index (χ0n) is 10.9. The van der Waals surface area contributed by atoms with E-state index in [1.807, 2.05) is 0 Å². The zero-order valence-corrected chi connectivity index (χ0v) is 10.9. The minimum absolute atomic E-state index is 0.0360. The summed E-state index contributed by atoms with van der Waals surface area (Å²) in [6.45, 7) is 2.86. The van der Waals surface area contributed by atoms with Gasteiger partial charge in [0.05, 0.1) is 18.6 Å². The predicted octanol–water partition coefficient (Wildman–Crippen LogP) is 0.974. The molecule has 3 N–H and O–H groups in total. The van der Waals surface area contributed by atoms with Crippen LogP contribution in [0.2, 0.25) is 0 Å². The van der Waals surface area contributed by atoms with Crippen LogP contribution in [0.3, 0.4) is 0 Å². The second-order valence-corrected chi connectivity index (χ2v) is 4.22. The molecule has 0 aliphatic heterocycles. The Morgan fingerprint density at radius 2 is 1.89 bits per heavy atom. The highest BCUT2D eigenvalue weighted by Crippen LogP contribution is 2.32. The van der Waals surface area contributed by atoms with Gasteiger partial charge in [-0.2, -0.15) is 0 Å². The Bertz CT molecular complexity index is 508. The summed E-state index contributed by atoms with van der Waals surface area (Å²) in [7, 11) is 1.43. The Morgan fingerprint density at radius 3 is 2.37 bits per heavy atom. The van der Waals surface area contributed by atoms with Gasteiger partial charge < -0.3 is 20.1 Å². The largest absolute Gasteiger partial charge is 0.507 e. The fourth-order valence-electron chi connectivity index (χ4n) is 1.70. The van der Waals surface area contributed by atoms with E-state index < -0.39 is 23.8 Å². The number of methoxy groups -OCH3 is 1. The van der Waals surface area contributed by atoms with E-state index in [9.17, 15) is 19.8 Å². The van der Waals surface area contributed by atoms with Crippen LogP contribution >= 0.6 is 0 Å². The van der Waals surface area contributed by atoms with Crippen molar-refractivity contribution in [2.45, 2.75) is 20.0 Å². The van der Waals surface area contributed by atoms with Gasteiger partial charge >= 0.3 is 5.97 Å². The van der Waals surface area contributed by atoms with Crippen LogP contribution in [0.4, 0.5) is 0 Å². The number of hydrogen-bond donors (Lipinski definition) is 3. The molecule has 0 spiro atoms. The van der Waals surface area contributed by atoms with Gasteiger partial charge in [-0.15, -0.1) is 0 Å². The summed E-state index contributed by atoms with van der Waals surface area (Å²) in [6.07, 6.45) is -1.81. The molecule has 0 saturated carbocycles. The summed E-state index contributed by atoms with van der Waals surface area (Å²) < 4.78 is 4.99. The molecule has 0 aromatic heterocycles. The average molecular weight is 268 g/mol. The van der Waals surface area contributed by atoms with E-state index in [2.05, 4.69) is 0 Å². The molecule has 0 unspecified atom stereocenters. The summed E-state index contributed by atoms with van der Waals surface area (Å²) in [4.78, 5) is 22.7. The third-order valence-corrected chi connectivity index (χ3v) is 3.01. The quantitative estimate of drug-likeness (QED) is 0.687. The van der Waals surface area contributed by atoms with Crippen molar-refractivity contribution in [1.29, 1.82) is 0 Å². The number of phenolic OH excluding ortho intramolecular Hbond substituents is 1. The molecule has 1 rings (SSSR count). The average Bonchev–Trinajstić information content (AvgIpc) is 2.39. The molecule has 6 heteroatoms. The molecule has 6 nitrogen and oxygen atoms in total. The van der Waals surface area contributed by atoms with Crippen LogP contribution in [0.5, 0.6) is 11.5 Å². The summed E-state index contributed by atoms with van der Waals surface area (Å²) in [5, 5.41) is 27.9. The van der Waals surface area contributed by atoms with E-state index in [1.54, 1.807) is 6.92 Å². The maximum atomic E-state index is 12.0. The molecule has 0 saturated heterocycles. The van der Waals surface area contributed by atoms with Crippen LogP contribution in [0, 0.1) is 12.8 Å². The number of rotatable bonds is 5. The monoisotopic (exact) mass is 268 g/mol. The number of Topliss-reactive ketones (excluding diaryl/α,β-unsaturated/α-hetero) is 1. The van der Waals surface area contributed by atoms with Gasteiger partial charge in [0, 0.05) is 5.56 Å². The highest BCUT2D eigenvalue weighted by molar-refractivity contribution is 6.02. The number of carbonyl (C=O) groups is 2. The van der Waals surface area contributed by atoms with Gasteiger partial charge in [-0.1, -0.05) is 6.92 Å². The van der Waals surface area contributed by atoms with E-state index in [0.717, 1.165) is 0 Å². The van der Waals surface area contributed by atoms with Gasteiger partial charge in [-0.25, -0.2) is 4.79 Å². The highest BCUT2D eigenvalue weighted by Gasteiger charge is 2.30. The number of carbonyl (C=O) groups excluding carboxylic acids is 1. The SMILES string of the molecule is COc1ccc(C(=O)[C@@H](C)[C@H](O)C(=O)O)c(O)c1C. The van der Waals surface area contributed by atoms with Crippen LogP contribution in [0.25, 0.3) is 0 Å². The number of benzene rings is 1. The molecule has 0 aliphatic carbocycles. The molecule has 0 radical (unpaired) electrons. The standard InChI is InChI=1S/C13H16O6/c1-6-9(19-3)5-4-8(10(6)14)11(15)7(2)12(16)13(17)18/h4-5,7,12,14,16H,1-3H3,(H,17,18)/t7-,12+/m1/s1. The van der Waals surface area contributed by atoms with Crippen molar-refractivity contribution in [2.24, 2.45) is 5.92 Å². The molecular weight excluding hydrogens is 252 g/mol. The Balaban J connectivity index is 3.14. The van der Waals surface area contributed by atoms with Crippen molar-refractivity contribution < 1.29 is 29.6 Å². The second-order valence-electron chi connectivity index (χ2n) is 4.22. The number of aromatic hydroxyl groups is 1. The normalized spacial score (nSPS) is 13.7. The first-order valence-corrected chi connectivity index (χ1v) is 5.62. The van der Waals surface area contributed by atoms with Crippen LogP contribution in [0.15, 0.2) is 12.1 Å². The van der Waals surface area contributed by atoms with Crippen LogP contribution in [-0.4, -0.2) is 40.3 Å². The smallest absolute Gasteiger partial charge is 0.333 e. The first-order chi connectivity index (χ1) is 8.81. The summed E-state index contributed by atoms with van der Waals surface area (Å²) in [6, 6.07) is 2.84. The van der Waals surface area contributed by atoms with E-state index in [1.165, 1.54) is 26.2 Å². The van der Waals surface area contributed by atoms with Gasteiger partial charge in [-0.05, 0) is 19.1 Å². The number of carboxylic acids is 1. The maximum absolute atomic E-state index is 12.0. The number of aliphatic carboxylic acids is 1. The molecule has 19 heavy (non-hydrogen) atoms.